The summed E-state index contributed by atoms with van der Waals surface area (Å²) in [6, 6.07) is 10.5. The predicted molar refractivity (Wildman–Crippen MR) is 87.8 cm³/mol. The van der Waals surface area contributed by atoms with E-state index in [-0.39, 0.29) is 4.75 Å². The second-order valence-electron chi connectivity index (χ2n) is 4.08. The number of benzene rings is 1. The molecule has 0 aliphatic rings. The number of hydrogen-bond acceptors (Lipinski definition) is 5. The van der Waals surface area contributed by atoms with E-state index in [4.69, 9.17) is 20.9 Å². The van der Waals surface area contributed by atoms with Crippen molar-refractivity contribution in [3.8, 4) is 0 Å². The van der Waals surface area contributed by atoms with Gasteiger partial charge >= 0.3 is 0 Å². The van der Waals surface area contributed by atoms with Gasteiger partial charge in [0, 0.05) is 24.1 Å². The lowest BCUT2D eigenvalue weighted by Crippen LogP contribution is -2.11. The van der Waals surface area contributed by atoms with Crippen LogP contribution in [-0.4, -0.2) is 19.3 Å². The lowest BCUT2D eigenvalue weighted by molar-refractivity contribution is 0.354. The lowest BCUT2D eigenvalue weighted by Gasteiger charge is -2.25. The highest BCUT2D eigenvalue weighted by Crippen LogP contribution is 2.61. The average Bonchev–Trinajstić information content (AvgIpc) is 2.39. The standard InChI is InChI=1S/C12H19O2PS3/c1-12(2,11-8-6-5-7-9-11)17-10-18-15(16,13-3)14-4/h5-9H,10H2,1-4H3. The predicted octanol–water partition coefficient (Wildman–Crippen LogP) is 4.86. The summed E-state index contributed by atoms with van der Waals surface area (Å²) in [4.78, 5) is 0. The van der Waals surface area contributed by atoms with E-state index >= 15 is 0 Å². The summed E-state index contributed by atoms with van der Waals surface area (Å²) < 4.78 is 10.6. The van der Waals surface area contributed by atoms with Crippen LogP contribution in [0.15, 0.2) is 30.3 Å². The van der Waals surface area contributed by atoms with Crippen molar-refractivity contribution >= 4 is 40.6 Å². The molecule has 0 aromatic heterocycles. The van der Waals surface area contributed by atoms with E-state index in [9.17, 15) is 0 Å². The minimum atomic E-state index is -2.13. The van der Waals surface area contributed by atoms with Crippen LogP contribution in [0.4, 0.5) is 0 Å². The highest BCUT2D eigenvalue weighted by Gasteiger charge is 2.23. The Bertz CT molecular complexity index is 401. The molecule has 0 heterocycles. The van der Waals surface area contributed by atoms with Crippen molar-refractivity contribution in [2.45, 2.75) is 18.6 Å². The molecule has 0 atom stereocenters. The van der Waals surface area contributed by atoms with E-state index in [1.165, 1.54) is 5.56 Å². The van der Waals surface area contributed by atoms with Gasteiger partial charge in [-0.15, -0.1) is 11.8 Å². The third kappa shape index (κ3) is 4.87. The summed E-state index contributed by atoms with van der Waals surface area (Å²) >= 11 is 8.77. The van der Waals surface area contributed by atoms with E-state index in [1.807, 2.05) is 17.8 Å². The minimum Gasteiger partial charge on any atom is -0.325 e. The molecule has 0 fully saturated rings. The summed E-state index contributed by atoms with van der Waals surface area (Å²) in [6.45, 7) is 4.44. The number of rotatable bonds is 7. The quantitative estimate of drug-likeness (QED) is 0.525. The zero-order chi connectivity index (χ0) is 13.6. The topological polar surface area (TPSA) is 18.5 Å². The Morgan fingerprint density at radius 1 is 1.17 bits per heavy atom. The molecule has 0 spiro atoms. The molecule has 1 aromatic rings. The smallest absolute Gasteiger partial charge is 0.247 e. The SMILES string of the molecule is COP(=S)(OC)SCSC(C)(C)c1ccccc1. The second-order valence-corrected chi connectivity index (χ2v) is 12.6. The van der Waals surface area contributed by atoms with Crippen molar-refractivity contribution in [2.24, 2.45) is 0 Å². The van der Waals surface area contributed by atoms with Gasteiger partial charge in [0.2, 0.25) is 5.69 Å². The van der Waals surface area contributed by atoms with Crippen LogP contribution in [0.5, 0.6) is 0 Å². The van der Waals surface area contributed by atoms with Crippen molar-refractivity contribution in [2.75, 3.05) is 19.3 Å². The van der Waals surface area contributed by atoms with Gasteiger partial charge in [-0.25, -0.2) is 0 Å². The van der Waals surface area contributed by atoms with Crippen LogP contribution < -0.4 is 0 Å². The molecule has 102 valence electrons. The fourth-order valence-electron chi connectivity index (χ4n) is 1.34. The van der Waals surface area contributed by atoms with Crippen molar-refractivity contribution in [1.29, 1.82) is 0 Å². The first kappa shape index (κ1) is 16.5. The van der Waals surface area contributed by atoms with E-state index in [0.717, 1.165) is 5.08 Å². The van der Waals surface area contributed by atoms with Crippen molar-refractivity contribution in [1.82, 2.24) is 0 Å². The first-order valence-corrected chi connectivity index (χ1v) is 10.7. The van der Waals surface area contributed by atoms with E-state index in [1.54, 1.807) is 25.6 Å². The van der Waals surface area contributed by atoms with E-state index in [2.05, 4.69) is 38.1 Å². The Morgan fingerprint density at radius 3 is 2.22 bits per heavy atom. The van der Waals surface area contributed by atoms with Gasteiger partial charge in [0.25, 0.3) is 0 Å². The van der Waals surface area contributed by atoms with Gasteiger partial charge in [0.05, 0.1) is 0 Å². The molecule has 0 saturated carbocycles. The Labute approximate surface area is 123 Å². The van der Waals surface area contributed by atoms with E-state index in [0.29, 0.717) is 0 Å². The highest BCUT2D eigenvalue weighted by atomic mass is 32.9. The Kier molecular flexibility index (Phi) is 6.73. The van der Waals surface area contributed by atoms with Gasteiger partial charge in [0.15, 0.2) is 0 Å². The lowest BCUT2D eigenvalue weighted by atomic mass is 10.0. The minimum absolute atomic E-state index is 0.0654. The summed E-state index contributed by atoms with van der Waals surface area (Å²) in [5.74, 6) is 0. The first-order valence-electron chi connectivity index (χ1n) is 5.49. The normalized spacial score (nSPS) is 12.7. The summed E-state index contributed by atoms with van der Waals surface area (Å²) in [7, 11) is 3.23. The molecule has 0 radical (unpaired) electrons. The maximum absolute atomic E-state index is 5.33. The Balaban J connectivity index is 2.56. The maximum atomic E-state index is 5.33. The zero-order valence-electron chi connectivity index (χ0n) is 11.1. The molecule has 0 aliphatic carbocycles. The monoisotopic (exact) mass is 322 g/mol. The third-order valence-electron chi connectivity index (χ3n) is 2.55. The summed E-state index contributed by atoms with van der Waals surface area (Å²) in [5, 5.41) is 0.862. The van der Waals surface area contributed by atoms with Gasteiger partial charge in [0.1, 0.15) is 0 Å². The first-order chi connectivity index (χ1) is 8.43. The molecule has 0 unspecified atom stereocenters. The molecule has 0 aliphatic heterocycles. The third-order valence-corrected chi connectivity index (χ3v) is 10.2. The van der Waals surface area contributed by atoms with Crippen molar-refractivity contribution < 1.29 is 9.05 Å². The largest absolute Gasteiger partial charge is 0.325 e. The molecule has 2 nitrogen and oxygen atoms in total. The van der Waals surface area contributed by atoms with Crippen LogP contribution in [0.3, 0.4) is 0 Å². The van der Waals surface area contributed by atoms with Crippen LogP contribution in [0.1, 0.15) is 19.4 Å². The van der Waals surface area contributed by atoms with Gasteiger partial charge in [-0.05, 0) is 31.2 Å². The molecule has 0 amide bonds. The van der Waals surface area contributed by atoms with Gasteiger partial charge in [-0.2, -0.15) is 0 Å². The van der Waals surface area contributed by atoms with Crippen LogP contribution in [0.25, 0.3) is 0 Å². The molecule has 0 N–H and O–H groups in total. The fourth-order valence-corrected chi connectivity index (χ4v) is 7.34. The van der Waals surface area contributed by atoms with Crippen LogP contribution in [-0.2, 0) is 25.6 Å². The molecule has 6 heteroatoms. The van der Waals surface area contributed by atoms with Gasteiger partial charge < -0.3 is 9.05 Å². The van der Waals surface area contributed by atoms with Gasteiger partial charge in [-0.1, -0.05) is 41.7 Å². The number of hydrogen-bond donors (Lipinski definition) is 0. The van der Waals surface area contributed by atoms with Gasteiger partial charge in [-0.3, -0.25) is 0 Å². The molecule has 0 bridgehead atoms. The maximum Gasteiger partial charge on any atom is 0.247 e. The van der Waals surface area contributed by atoms with Crippen molar-refractivity contribution in [3.63, 3.8) is 0 Å². The molecular formula is C12H19O2PS3. The molecule has 1 rings (SSSR count). The molecule has 18 heavy (non-hydrogen) atoms. The van der Waals surface area contributed by atoms with Crippen LogP contribution in [0.2, 0.25) is 0 Å². The second kappa shape index (κ2) is 7.32. The molecular weight excluding hydrogens is 303 g/mol. The van der Waals surface area contributed by atoms with Crippen molar-refractivity contribution in [3.05, 3.63) is 35.9 Å². The van der Waals surface area contributed by atoms with E-state index < -0.39 is 5.69 Å². The Morgan fingerprint density at radius 2 is 1.72 bits per heavy atom. The molecule has 0 saturated heterocycles. The average molecular weight is 322 g/mol. The highest BCUT2D eigenvalue weighted by molar-refractivity contribution is 8.69. The Hall–Kier alpha value is 0.490. The molecule has 1 aromatic carbocycles. The summed E-state index contributed by atoms with van der Waals surface area (Å²) in [6.07, 6.45) is 0. The van der Waals surface area contributed by atoms with Crippen LogP contribution in [0, 0.1) is 0 Å². The number of thioether (sulfide) groups is 1. The van der Waals surface area contributed by atoms with Crippen LogP contribution >= 0.6 is 28.8 Å². The zero-order valence-corrected chi connectivity index (χ0v) is 14.4. The fraction of sp³-hybridized carbons (Fsp3) is 0.500. The summed E-state index contributed by atoms with van der Waals surface area (Å²) in [5.41, 5.74) is -0.811.